The summed E-state index contributed by atoms with van der Waals surface area (Å²) in [5.74, 6) is -5.38. The summed E-state index contributed by atoms with van der Waals surface area (Å²) in [6.45, 7) is 2.36. The molecule has 0 heterocycles. The van der Waals surface area contributed by atoms with Crippen molar-refractivity contribution in [1.82, 2.24) is 4.90 Å². The molecule has 5 N–H and O–H groups in total. The molecule has 0 radical (unpaired) electrons. The van der Waals surface area contributed by atoms with Gasteiger partial charge in [-0.3, -0.25) is 19.3 Å². The molecule has 1 fully saturated rings. The molecule has 9 nitrogen and oxygen atoms in total. The molecule has 4 atom stereocenters. The molecule has 33 heavy (non-hydrogen) atoms. The maximum atomic E-state index is 13.7. The van der Waals surface area contributed by atoms with Crippen LogP contribution in [0.3, 0.4) is 0 Å². The topological polar surface area (TPSA) is 150 Å². The molecule has 1 aromatic rings. The first kappa shape index (κ1) is 23.0. The van der Waals surface area contributed by atoms with E-state index < -0.39 is 52.3 Å². The fourth-order valence-electron chi connectivity index (χ4n) is 5.50. The van der Waals surface area contributed by atoms with E-state index in [1.807, 2.05) is 19.1 Å². The number of aliphatic hydroxyl groups excluding tert-OH is 2. The van der Waals surface area contributed by atoms with Crippen molar-refractivity contribution in [3.63, 3.8) is 0 Å². The van der Waals surface area contributed by atoms with Crippen LogP contribution in [0.2, 0.25) is 0 Å². The van der Waals surface area contributed by atoms with E-state index in [0.717, 1.165) is 12.0 Å². The Kier molecular flexibility index (Phi) is 5.58. The average Bonchev–Trinajstić information content (AvgIpc) is 2.74. The Hall–Kier alpha value is -3.17. The highest BCUT2D eigenvalue weighted by atomic mass is 16.5. The number of likely N-dealkylation sites (N-methyl/N-ethyl adjacent to an activating group) is 1. The Morgan fingerprint density at radius 2 is 1.97 bits per heavy atom. The predicted octanol–water partition coefficient (Wildman–Crippen LogP) is 1.05. The zero-order valence-corrected chi connectivity index (χ0v) is 18.8. The van der Waals surface area contributed by atoms with Gasteiger partial charge in [-0.2, -0.15) is 0 Å². The number of amides is 1. The third kappa shape index (κ3) is 3.18. The van der Waals surface area contributed by atoms with E-state index in [1.165, 1.54) is 4.90 Å². The Balaban J connectivity index is 1.93. The summed E-state index contributed by atoms with van der Waals surface area (Å²) < 4.78 is 5.76. The average molecular weight is 456 g/mol. The van der Waals surface area contributed by atoms with Gasteiger partial charge in [0.05, 0.1) is 18.2 Å². The first-order valence-electron chi connectivity index (χ1n) is 10.9. The van der Waals surface area contributed by atoms with E-state index in [4.69, 9.17) is 10.5 Å². The summed E-state index contributed by atoms with van der Waals surface area (Å²) in [5.41, 5.74) is 3.09. The molecule has 3 aliphatic rings. The van der Waals surface area contributed by atoms with Crippen LogP contribution >= 0.6 is 0 Å². The van der Waals surface area contributed by atoms with Gasteiger partial charge in [0.25, 0.3) is 5.91 Å². The highest BCUT2D eigenvalue weighted by Crippen LogP contribution is 2.52. The van der Waals surface area contributed by atoms with Crippen LogP contribution in [0.1, 0.15) is 30.9 Å². The number of benzene rings is 1. The maximum absolute atomic E-state index is 13.7. The quantitative estimate of drug-likeness (QED) is 0.480. The highest BCUT2D eigenvalue weighted by molar-refractivity contribution is 6.24. The molecule has 9 heteroatoms. The Labute approximate surface area is 191 Å². The highest BCUT2D eigenvalue weighted by Gasteiger charge is 2.64. The molecule has 0 saturated heterocycles. The summed E-state index contributed by atoms with van der Waals surface area (Å²) in [7, 11) is 3.18. The summed E-state index contributed by atoms with van der Waals surface area (Å²) in [6.07, 6.45) is 1.27. The van der Waals surface area contributed by atoms with Gasteiger partial charge >= 0.3 is 0 Å². The number of fused-ring (bicyclic) bond motifs is 3. The number of nitrogens with zero attached hydrogens (tertiary/aromatic N) is 1. The molecule has 176 valence electrons. The van der Waals surface area contributed by atoms with Gasteiger partial charge < -0.3 is 25.8 Å². The third-order valence-electron chi connectivity index (χ3n) is 6.90. The molecular weight excluding hydrogens is 428 g/mol. The molecule has 0 aromatic heterocycles. The first-order chi connectivity index (χ1) is 15.5. The van der Waals surface area contributed by atoms with Gasteiger partial charge in [-0.1, -0.05) is 19.1 Å². The Bertz CT molecular complexity index is 1120. The molecule has 1 unspecified atom stereocenters. The number of rotatable bonds is 5. The zero-order valence-electron chi connectivity index (χ0n) is 18.8. The van der Waals surface area contributed by atoms with Crippen molar-refractivity contribution >= 4 is 23.2 Å². The number of ketones is 2. The molecule has 0 aliphatic heterocycles. The molecule has 1 aromatic carbocycles. The number of hydrogen-bond donors (Lipinski definition) is 4. The molecule has 0 spiro atoms. The van der Waals surface area contributed by atoms with E-state index in [2.05, 4.69) is 0 Å². The molecule has 1 amide bonds. The smallest absolute Gasteiger partial charge is 0.255 e. The van der Waals surface area contributed by atoms with E-state index in [9.17, 15) is 29.7 Å². The minimum atomic E-state index is -2.57. The maximum Gasteiger partial charge on any atom is 0.255 e. The molecular formula is C24H28N2O7. The van der Waals surface area contributed by atoms with E-state index in [1.54, 1.807) is 20.2 Å². The van der Waals surface area contributed by atoms with Crippen LogP contribution in [0.25, 0.3) is 5.76 Å². The van der Waals surface area contributed by atoms with Crippen LogP contribution < -0.4 is 10.5 Å². The fourth-order valence-corrected chi connectivity index (χ4v) is 5.50. The standard InChI is InChI=1S/C24H28N2O7/c1-4-8-33-14-7-5-6-11-9-12-10-13-18(26(2)3)20(28)17(23(25)31)22(30)24(13,32)21(29)16(12)19(27)15(11)14/h5-7,12-13,18,27,30,32H,4,8-10H2,1-3H3,(H2,25,31)/t12-,13-,18?,24-/m0/s1. The van der Waals surface area contributed by atoms with Crippen LogP contribution in [0, 0.1) is 11.8 Å². The van der Waals surface area contributed by atoms with E-state index in [0.29, 0.717) is 24.3 Å². The fraction of sp³-hybridized carbons (Fsp3) is 0.458. The van der Waals surface area contributed by atoms with E-state index in [-0.39, 0.29) is 17.8 Å². The van der Waals surface area contributed by atoms with Crippen molar-refractivity contribution < 1.29 is 34.4 Å². The second-order valence-corrected chi connectivity index (χ2v) is 9.10. The number of carbonyl (C=O) groups excluding carboxylic acids is 3. The number of primary amides is 1. The molecule has 3 aliphatic carbocycles. The van der Waals surface area contributed by atoms with Crippen LogP contribution in [-0.2, 0) is 20.8 Å². The minimum absolute atomic E-state index is 0.0453. The molecule has 4 rings (SSSR count). The number of hydrogen-bond acceptors (Lipinski definition) is 8. The van der Waals surface area contributed by atoms with Crippen molar-refractivity contribution in [3.8, 4) is 5.75 Å². The number of nitrogens with two attached hydrogens (primary N) is 1. The number of carbonyl (C=O) groups is 3. The minimum Gasteiger partial charge on any atom is -0.508 e. The van der Waals surface area contributed by atoms with Crippen molar-refractivity contribution in [1.29, 1.82) is 0 Å². The Morgan fingerprint density at radius 1 is 1.27 bits per heavy atom. The van der Waals surface area contributed by atoms with Gasteiger partial charge in [0.15, 0.2) is 11.4 Å². The lowest BCUT2D eigenvalue weighted by atomic mass is 9.57. The van der Waals surface area contributed by atoms with Gasteiger partial charge in [-0.15, -0.1) is 0 Å². The number of Topliss-reactive ketones (excluding diaryl/α,β-unsaturated/α-hetero) is 2. The monoisotopic (exact) mass is 456 g/mol. The lowest BCUT2D eigenvalue weighted by Gasteiger charge is -2.50. The number of ether oxygens (including phenoxy) is 1. The molecule has 0 bridgehead atoms. The predicted molar refractivity (Wildman–Crippen MR) is 118 cm³/mol. The second-order valence-electron chi connectivity index (χ2n) is 9.10. The van der Waals surface area contributed by atoms with Gasteiger partial charge in [0.2, 0.25) is 5.78 Å². The van der Waals surface area contributed by atoms with Crippen LogP contribution in [0.15, 0.2) is 35.1 Å². The van der Waals surface area contributed by atoms with Crippen molar-refractivity contribution in [2.24, 2.45) is 17.6 Å². The van der Waals surface area contributed by atoms with Crippen molar-refractivity contribution in [2.75, 3.05) is 20.7 Å². The molecule has 1 saturated carbocycles. The van der Waals surface area contributed by atoms with Gasteiger partial charge in [0.1, 0.15) is 22.8 Å². The van der Waals surface area contributed by atoms with E-state index >= 15 is 0 Å². The Morgan fingerprint density at radius 3 is 2.58 bits per heavy atom. The van der Waals surface area contributed by atoms with Crippen LogP contribution in [0.4, 0.5) is 0 Å². The van der Waals surface area contributed by atoms with Crippen LogP contribution in [-0.4, -0.2) is 70.0 Å². The van der Waals surface area contributed by atoms with Gasteiger partial charge in [0, 0.05) is 11.5 Å². The first-order valence-corrected chi connectivity index (χ1v) is 10.9. The van der Waals surface area contributed by atoms with Crippen molar-refractivity contribution in [3.05, 3.63) is 46.2 Å². The SMILES string of the molecule is CCCOc1cccc2c1C(O)=C1C(=O)[C@]3(O)C(O)=C(C(N)=O)C(=O)C(N(C)C)[C@@H]3C[C@@H]1C2. The second kappa shape index (κ2) is 8.00. The van der Waals surface area contributed by atoms with Gasteiger partial charge in [-0.05, 0) is 50.9 Å². The van der Waals surface area contributed by atoms with Crippen LogP contribution in [0.5, 0.6) is 5.75 Å². The zero-order chi connectivity index (χ0) is 24.2. The lowest BCUT2D eigenvalue weighted by Crippen LogP contribution is -2.65. The lowest BCUT2D eigenvalue weighted by molar-refractivity contribution is -0.153. The van der Waals surface area contributed by atoms with Gasteiger partial charge in [-0.25, -0.2) is 0 Å². The number of aliphatic hydroxyl groups is 3. The summed E-state index contributed by atoms with van der Waals surface area (Å²) in [6, 6.07) is 4.29. The third-order valence-corrected chi connectivity index (χ3v) is 6.90. The summed E-state index contributed by atoms with van der Waals surface area (Å²) in [4.78, 5) is 40.2. The normalized spacial score (nSPS) is 29.1. The summed E-state index contributed by atoms with van der Waals surface area (Å²) in [5, 5.41) is 33.6. The largest absolute Gasteiger partial charge is 0.508 e. The van der Waals surface area contributed by atoms with Crippen molar-refractivity contribution in [2.45, 2.75) is 37.8 Å². The summed E-state index contributed by atoms with van der Waals surface area (Å²) >= 11 is 0.